The van der Waals surface area contributed by atoms with Crippen molar-refractivity contribution in [3.8, 4) is 0 Å². The number of carbonyl (C=O) groups is 3. The van der Waals surface area contributed by atoms with E-state index in [0.29, 0.717) is 11.3 Å². The van der Waals surface area contributed by atoms with Crippen molar-refractivity contribution < 1.29 is 18.8 Å². The van der Waals surface area contributed by atoms with Crippen LogP contribution in [0.2, 0.25) is 0 Å². The molecule has 0 aromatic heterocycles. The number of halogens is 1. The van der Waals surface area contributed by atoms with Gasteiger partial charge < -0.3 is 15.5 Å². The molecule has 3 aromatic rings. The average Bonchev–Trinajstić information content (AvgIpc) is 3.25. The summed E-state index contributed by atoms with van der Waals surface area (Å²) in [7, 11) is 0. The lowest BCUT2D eigenvalue weighted by atomic mass is 10.1. The van der Waals surface area contributed by atoms with Gasteiger partial charge in [0.25, 0.3) is 5.91 Å². The van der Waals surface area contributed by atoms with Crippen LogP contribution in [-0.2, 0) is 22.6 Å². The van der Waals surface area contributed by atoms with Crippen LogP contribution in [0.25, 0.3) is 0 Å². The number of hydrogen-bond acceptors (Lipinski definition) is 3. The third-order valence-electron chi connectivity index (χ3n) is 5.95. The standard InChI is InChI=1S/C27H26FN3O3/c1-2-18-9-13-22(14-10-18)31-17-20(15-25(31)32)26(33)30-24-6-4-3-5-23(24)27(34)29-16-19-7-11-21(28)12-8-19/h3-14,20H,2,15-17H2,1H3,(H,29,34)(H,30,33)/t20-/m1/s1. The molecule has 3 aromatic carbocycles. The summed E-state index contributed by atoms with van der Waals surface area (Å²) in [5, 5.41) is 5.61. The predicted octanol–water partition coefficient (Wildman–Crippen LogP) is 4.31. The Balaban J connectivity index is 1.40. The van der Waals surface area contributed by atoms with Crippen molar-refractivity contribution >= 4 is 29.1 Å². The molecule has 1 aliphatic heterocycles. The minimum Gasteiger partial charge on any atom is -0.348 e. The minimum absolute atomic E-state index is 0.102. The molecule has 1 fully saturated rings. The van der Waals surface area contributed by atoms with Gasteiger partial charge in [-0.1, -0.05) is 43.3 Å². The maximum Gasteiger partial charge on any atom is 0.253 e. The largest absolute Gasteiger partial charge is 0.348 e. The second kappa shape index (κ2) is 10.3. The fourth-order valence-electron chi connectivity index (χ4n) is 3.95. The summed E-state index contributed by atoms with van der Waals surface area (Å²) in [5.41, 5.74) is 3.40. The van der Waals surface area contributed by atoms with Gasteiger partial charge >= 0.3 is 0 Å². The van der Waals surface area contributed by atoms with Gasteiger partial charge in [0.1, 0.15) is 5.82 Å². The Morgan fingerprint density at radius 3 is 2.35 bits per heavy atom. The molecule has 4 rings (SSSR count). The van der Waals surface area contributed by atoms with Crippen molar-refractivity contribution in [3.05, 3.63) is 95.3 Å². The zero-order valence-electron chi connectivity index (χ0n) is 18.9. The molecule has 0 saturated carbocycles. The summed E-state index contributed by atoms with van der Waals surface area (Å²) in [5.74, 6) is -1.63. The summed E-state index contributed by atoms with van der Waals surface area (Å²) in [6.07, 6.45) is 1.02. The number of aryl methyl sites for hydroxylation is 1. The normalized spacial score (nSPS) is 15.3. The first-order valence-electron chi connectivity index (χ1n) is 11.3. The van der Waals surface area contributed by atoms with Crippen LogP contribution < -0.4 is 15.5 Å². The molecule has 1 atom stereocenters. The van der Waals surface area contributed by atoms with Crippen LogP contribution in [0, 0.1) is 11.7 Å². The topological polar surface area (TPSA) is 78.5 Å². The van der Waals surface area contributed by atoms with E-state index >= 15 is 0 Å². The van der Waals surface area contributed by atoms with Crippen LogP contribution >= 0.6 is 0 Å². The Morgan fingerprint density at radius 1 is 0.971 bits per heavy atom. The summed E-state index contributed by atoms with van der Waals surface area (Å²) in [6.45, 7) is 2.58. The van der Waals surface area contributed by atoms with Crippen LogP contribution in [0.5, 0.6) is 0 Å². The van der Waals surface area contributed by atoms with Crippen LogP contribution in [0.1, 0.15) is 34.8 Å². The molecule has 0 unspecified atom stereocenters. The molecule has 2 N–H and O–H groups in total. The van der Waals surface area contributed by atoms with Gasteiger partial charge in [-0.15, -0.1) is 0 Å². The number of anilines is 2. The Labute approximate surface area is 197 Å². The van der Waals surface area contributed by atoms with Gasteiger partial charge in [-0.3, -0.25) is 14.4 Å². The van der Waals surface area contributed by atoms with Gasteiger partial charge in [-0.05, 0) is 53.9 Å². The third kappa shape index (κ3) is 5.31. The molecule has 1 heterocycles. The van der Waals surface area contributed by atoms with E-state index in [-0.39, 0.29) is 43.0 Å². The summed E-state index contributed by atoms with van der Waals surface area (Å²) >= 11 is 0. The van der Waals surface area contributed by atoms with Gasteiger partial charge in [-0.2, -0.15) is 0 Å². The number of hydrogen-bond donors (Lipinski definition) is 2. The highest BCUT2D eigenvalue weighted by atomic mass is 19.1. The molecule has 174 valence electrons. The smallest absolute Gasteiger partial charge is 0.253 e. The first-order chi connectivity index (χ1) is 16.4. The fraction of sp³-hybridized carbons (Fsp3) is 0.222. The maximum absolute atomic E-state index is 13.1. The zero-order valence-corrected chi connectivity index (χ0v) is 18.9. The molecule has 0 radical (unpaired) electrons. The van der Waals surface area contributed by atoms with Crippen molar-refractivity contribution in [1.82, 2.24) is 5.32 Å². The number of benzene rings is 3. The number of nitrogens with one attached hydrogen (secondary N) is 2. The van der Waals surface area contributed by atoms with E-state index in [4.69, 9.17) is 0 Å². The molecule has 3 amide bonds. The number of nitrogens with zero attached hydrogens (tertiary/aromatic N) is 1. The first-order valence-corrected chi connectivity index (χ1v) is 11.3. The van der Waals surface area contributed by atoms with Gasteiger partial charge in [0, 0.05) is 25.2 Å². The van der Waals surface area contributed by atoms with Gasteiger partial charge in [-0.25, -0.2) is 4.39 Å². The molecule has 34 heavy (non-hydrogen) atoms. The van der Waals surface area contributed by atoms with Crippen LogP contribution in [0.4, 0.5) is 15.8 Å². The number of para-hydroxylation sites is 1. The number of carbonyl (C=O) groups excluding carboxylic acids is 3. The summed E-state index contributed by atoms with van der Waals surface area (Å²) in [6, 6.07) is 20.4. The maximum atomic E-state index is 13.1. The Hall–Kier alpha value is -4.00. The van der Waals surface area contributed by atoms with E-state index in [0.717, 1.165) is 17.7 Å². The average molecular weight is 460 g/mol. The Bertz CT molecular complexity index is 1190. The molecule has 0 spiro atoms. The van der Waals surface area contributed by atoms with E-state index < -0.39 is 5.92 Å². The van der Waals surface area contributed by atoms with E-state index in [1.807, 2.05) is 24.3 Å². The van der Waals surface area contributed by atoms with E-state index in [2.05, 4.69) is 17.6 Å². The lowest BCUT2D eigenvalue weighted by molar-refractivity contribution is -0.122. The van der Waals surface area contributed by atoms with Crippen LogP contribution in [-0.4, -0.2) is 24.3 Å². The second-order valence-corrected chi connectivity index (χ2v) is 8.27. The van der Waals surface area contributed by atoms with Crippen molar-refractivity contribution in [3.63, 3.8) is 0 Å². The number of rotatable bonds is 7. The lowest BCUT2D eigenvalue weighted by Crippen LogP contribution is -2.29. The van der Waals surface area contributed by atoms with Gasteiger partial charge in [0.2, 0.25) is 11.8 Å². The summed E-state index contributed by atoms with van der Waals surface area (Å²) in [4.78, 5) is 39.9. The van der Waals surface area contributed by atoms with Gasteiger partial charge in [0.15, 0.2) is 0 Å². The monoisotopic (exact) mass is 459 g/mol. The van der Waals surface area contributed by atoms with E-state index in [1.165, 1.54) is 17.7 Å². The Kier molecular flexibility index (Phi) is 7.01. The molecular weight excluding hydrogens is 433 g/mol. The third-order valence-corrected chi connectivity index (χ3v) is 5.95. The molecule has 6 nitrogen and oxygen atoms in total. The highest BCUT2D eigenvalue weighted by molar-refractivity contribution is 6.07. The molecular formula is C27H26FN3O3. The van der Waals surface area contributed by atoms with Crippen molar-refractivity contribution in [2.75, 3.05) is 16.8 Å². The minimum atomic E-state index is -0.520. The highest BCUT2D eigenvalue weighted by Crippen LogP contribution is 2.27. The van der Waals surface area contributed by atoms with Crippen molar-refractivity contribution in [2.45, 2.75) is 26.3 Å². The van der Waals surface area contributed by atoms with Crippen LogP contribution in [0.3, 0.4) is 0 Å². The highest BCUT2D eigenvalue weighted by Gasteiger charge is 2.35. The molecule has 0 aliphatic carbocycles. The quantitative estimate of drug-likeness (QED) is 0.553. The van der Waals surface area contributed by atoms with Crippen molar-refractivity contribution in [1.29, 1.82) is 0 Å². The van der Waals surface area contributed by atoms with E-state index in [9.17, 15) is 18.8 Å². The predicted molar refractivity (Wildman–Crippen MR) is 129 cm³/mol. The molecule has 7 heteroatoms. The zero-order chi connectivity index (χ0) is 24.1. The second-order valence-electron chi connectivity index (χ2n) is 8.27. The fourth-order valence-corrected chi connectivity index (χ4v) is 3.95. The molecule has 1 aliphatic rings. The van der Waals surface area contributed by atoms with Crippen molar-refractivity contribution in [2.24, 2.45) is 5.92 Å². The molecule has 0 bridgehead atoms. The van der Waals surface area contributed by atoms with E-state index in [1.54, 1.807) is 41.3 Å². The lowest BCUT2D eigenvalue weighted by Gasteiger charge is -2.17. The Morgan fingerprint density at radius 2 is 1.65 bits per heavy atom. The summed E-state index contributed by atoms with van der Waals surface area (Å²) < 4.78 is 13.1. The SMILES string of the molecule is CCc1ccc(N2C[C@H](C(=O)Nc3ccccc3C(=O)NCc3ccc(F)cc3)CC2=O)cc1. The first kappa shape index (κ1) is 23.2. The number of amides is 3. The van der Waals surface area contributed by atoms with Crippen LogP contribution in [0.15, 0.2) is 72.8 Å². The van der Waals surface area contributed by atoms with Gasteiger partial charge in [0.05, 0.1) is 17.2 Å². The molecule has 1 saturated heterocycles.